The van der Waals surface area contributed by atoms with Gasteiger partial charge in [0.25, 0.3) is 0 Å². The van der Waals surface area contributed by atoms with E-state index in [-0.39, 0.29) is 24.0 Å². The lowest BCUT2D eigenvalue weighted by atomic mass is 9.96. The second kappa shape index (κ2) is 9.03. The molecule has 0 radical (unpaired) electrons. The number of fused-ring (bicyclic) bond motifs is 2. The number of aryl methyl sites for hydroxylation is 2. The number of nitrogens with one attached hydrogen (secondary N) is 2. The Labute approximate surface area is 161 Å². The van der Waals surface area contributed by atoms with Gasteiger partial charge in [0, 0.05) is 18.7 Å². The Kier molecular flexibility index (Phi) is 7.34. The first-order chi connectivity index (χ1) is 11.2. The normalized spacial score (nSPS) is 25.6. The summed E-state index contributed by atoms with van der Waals surface area (Å²) in [7, 11) is 0. The Bertz CT molecular complexity index is 541. The van der Waals surface area contributed by atoms with E-state index >= 15 is 0 Å². The minimum atomic E-state index is 0. The van der Waals surface area contributed by atoms with Crippen molar-refractivity contribution in [2.24, 2.45) is 4.99 Å². The van der Waals surface area contributed by atoms with Gasteiger partial charge in [-0.2, -0.15) is 0 Å². The number of aliphatic imine (C=N–C) groups is 1. The highest BCUT2D eigenvalue weighted by atomic mass is 127. The molecule has 0 amide bonds. The highest BCUT2D eigenvalue weighted by molar-refractivity contribution is 14.0. The number of guanidine groups is 1. The van der Waals surface area contributed by atoms with Crippen molar-refractivity contribution in [2.45, 2.75) is 71.1 Å². The minimum Gasteiger partial charge on any atom is -0.373 e. The third kappa shape index (κ3) is 4.62. The zero-order valence-corrected chi connectivity index (χ0v) is 17.1. The molecule has 0 saturated carbocycles. The van der Waals surface area contributed by atoms with E-state index in [1.54, 1.807) is 0 Å². The van der Waals surface area contributed by atoms with Gasteiger partial charge in [0.2, 0.25) is 0 Å². The van der Waals surface area contributed by atoms with Crippen molar-refractivity contribution in [3.8, 4) is 0 Å². The summed E-state index contributed by atoms with van der Waals surface area (Å²) in [5, 5.41) is 10.9. The summed E-state index contributed by atoms with van der Waals surface area (Å²) in [6.45, 7) is 7.73. The van der Waals surface area contributed by atoms with E-state index in [2.05, 4.69) is 22.7 Å². The molecule has 0 aliphatic carbocycles. The lowest BCUT2D eigenvalue weighted by Gasteiger charge is -2.22. The topological polar surface area (TPSA) is 71.7 Å². The second-order valence-corrected chi connectivity index (χ2v) is 6.53. The van der Waals surface area contributed by atoms with Gasteiger partial charge in [-0.25, -0.2) is 0 Å². The number of hydrogen-bond acceptors (Lipinski definition) is 4. The van der Waals surface area contributed by atoms with Gasteiger partial charge in [0.1, 0.15) is 5.76 Å². The van der Waals surface area contributed by atoms with Gasteiger partial charge in [-0.1, -0.05) is 5.16 Å². The monoisotopic (exact) mass is 448 g/mol. The molecule has 24 heavy (non-hydrogen) atoms. The summed E-state index contributed by atoms with van der Waals surface area (Å²) in [6.07, 6.45) is 6.27. The molecule has 3 unspecified atom stereocenters. The summed E-state index contributed by atoms with van der Waals surface area (Å²) in [5.41, 5.74) is 2.22. The molecular weight excluding hydrogens is 419 g/mol. The highest BCUT2D eigenvalue weighted by Gasteiger charge is 2.41. The molecule has 1 aromatic heterocycles. The molecule has 2 bridgehead atoms. The summed E-state index contributed by atoms with van der Waals surface area (Å²) in [5.74, 6) is 1.84. The largest absolute Gasteiger partial charge is 0.373 e. The first kappa shape index (κ1) is 19.5. The Morgan fingerprint density at radius 3 is 2.75 bits per heavy atom. The predicted octanol–water partition coefficient (Wildman–Crippen LogP) is 2.72. The number of halogens is 1. The third-order valence-electron chi connectivity index (χ3n) is 4.81. The number of ether oxygens (including phenoxy) is 1. The number of rotatable bonds is 6. The van der Waals surface area contributed by atoms with Crippen LogP contribution in [0.15, 0.2) is 9.52 Å². The second-order valence-electron chi connectivity index (χ2n) is 6.53. The number of hydrogen-bond donors (Lipinski definition) is 2. The molecule has 3 atom stereocenters. The summed E-state index contributed by atoms with van der Waals surface area (Å²) in [6, 6.07) is 0.411. The smallest absolute Gasteiger partial charge is 0.191 e. The maximum atomic E-state index is 5.90. The Morgan fingerprint density at radius 2 is 2.17 bits per heavy atom. The molecule has 3 rings (SSSR count). The number of aromatic nitrogens is 1. The van der Waals surface area contributed by atoms with Crippen LogP contribution >= 0.6 is 24.0 Å². The standard InChI is InChI=1S/C17H28N4O2.HI/c1-4-18-17(20-15-10-13-7-8-16(15)22-13)19-9-5-6-14-11(2)21-23-12(14)3;/h13,15-16H,4-10H2,1-3H3,(H2,18,19,20);1H. The maximum absolute atomic E-state index is 5.90. The zero-order chi connectivity index (χ0) is 16.2. The Morgan fingerprint density at radius 1 is 1.33 bits per heavy atom. The zero-order valence-electron chi connectivity index (χ0n) is 14.8. The summed E-state index contributed by atoms with van der Waals surface area (Å²) < 4.78 is 11.1. The van der Waals surface area contributed by atoms with Gasteiger partial charge in [-0.05, 0) is 52.9 Å². The van der Waals surface area contributed by atoms with Crippen LogP contribution in [0.3, 0.4) is 0 Å². The molecule has 2 fully saturated rings. The van der Waals surface area contributed by atoms with Crippen LogP contribution < -0.4 is 10.6 Å². The lowest BCUT2D eigenvalue weighted by molar-refractivity contribution is 0.0992. The minimum absolute atomic E-state index is 0. The first-order valence-electron chi connectivity index (χ1n) is 8.79. The van der Waals surface area contributed by atoms with Crippen LogP contribution in [0.5, 0.6) is 0 Å². The van der Waals surface area contributed by atoms with Gasteiger partial charge in [0.15, 0.2) is 5.96 Å². The van der Waals surface area contributed by atoms with Crippen LogP contribution in [-0.4, -0.2) is 42.5 Å². The third-order valence-corrected chi connectivity index (χ3v) is 4.81. The van der Waals surface area contributed by atoms with E-state index in [4.69, 9.17) is 14.3 Å². The van der Waals surface area contributed by atoms with Crippen LogP contribution in [-0.2, 0) is 11.2 Å². The quantitative estimate of drug-likeness (QED) is 0.303. The van der Waals surface area contributed by atoms with Gasteiger partial charge in [0.05, 0.1) is 23.9 Å². The van der Waals surface area contributed by atoms with Crippen molar-refractivity contribution in [3.05, 3.63) is 17.0 Å². The van der Waals surface area contributed by atoms with Crippen molar-refractivity contribution in [1.82, 2.24) is 15.8 Å². The molecule has 136 valence electrons. The molecule has 7 heteroatoms. The van der Waals surface area contributed by atoms with E-state index in [0.29, 0.717) is 18.2 Å². The molecule has 6 nitrogen and oxygen atoms in total. The van der Waals surface area contributed by atoms with Gasteiger partial charge >= 0.3 is 0 Å². The lowest BCUT2D eigenvalue weighted by Crippen LogP contribution is -2.47. The highest BCUT2D eigenvalue weighted by Crippen LogP contribution is 2.34. The molecule has 0 aromatic carbocycles. The molecule has 2 aliphatic rings. The fraction of sp³-hybridized carbons (Fsp3) is 0.765. The summed E-state index contributed by atoms with van der Waals surface area (Å²) in [4.78, 5) is 4.71. The van der Waals surface area contributed by atoms with Crippen LogP contribution in [0.2, 0.25) is 0 Å². The van der Waals surface area contributed by atoms with Crippen LogP contribution in [0.4, 0.5) is 0 Å². The average molecular weight is 448 g/mol. The van der Waals surface area contributed by atoms with E-state index in [1.807, 2.05) is 13.8 Å². The SMILES string of the molecule is CCNC(=NCCCc1c(C)noc1C)NC1CC2CCC1O2.I. The molecular formula is C17H29IN4O2. The van der Waals surface area contributed by atoms with E-state index in [1.165, 1.54) is 18.4 Å². The van der Waals surface area contributed by atoms with Crippen molar-refractivity contribution in [1.29, 1.82) is 0 Å². The fourth-order valence-corrected chi connectivity index (χ4v) is 3.59. The van der Waals surface area contributed by atoms with Crippen molar-refractivity contribution >= 4 is 29.9 Å². The van der Waals surface area contributed by atoms with Crippen molar-refractivity contribution < 1.29 is 9.26 Å². The molecule has 3 heterocycles. The maximum Gasteiger partial charge on any atom is 0.191 e. The van der Waals surface area contributed by atoms with Gasteiger partial charge in [-0.3, -0.25) is 4.99 Å². The van der Waals surface area contributed by atoms with Crippen LogP contribution in [0.1, 0.15) is 49.6 Å². The number of nitrogens with zero attached hydrogens (tertiary/aromatic N) is 2. The van der Waals surface area contributed by atoms with Crippen molar-refractivity contribution in [2.75, 3.05) is 13.1 Å². The predicted molar refractivity (Wildman–Crippen MR) is 105 cm³/mol. The van der Waals surface area contributed by atoms with E-state index < -0.39 is 0 Å². The van der Waals surface area contributed by atoms with Crippen LogP contribution in [0.25, 0.3) is 0 Å². The average Bonchev–Trinajstić information content (AvgIpc) is 3.22. The Balaban J connectivity index is 0.00000208. The fourth-order valence-electron chi connectivity index (χ4n) is 3.59. The molecule has 2 N–H and O–H groups in total. The first-order valence-corrected chi connectivity index (χ1v) is 8.79. The van der Waals surface area contributed by atoms with Crippen molar-refractivity contribution in [3.63, 3.8) is 0 Å². The van der Waals surface area contributed by atoms with E-state index in [9.17, 15) is 0 Å². The van der Waals surface area contributed by atoms with E-state index in [0.717, 1.165) is 49.8 Å². The Hall–Kier alpha value is -0.830. The summed E-state index contributed by atoms with van der Waals surface area (Å²) >= 11 is 0. The molecule has 0 spiro atoms. The van der Waals surface area contributed by atoms with Gasteiger partial charge in [-0.15, -0.1) is 24.0 Å². The van der Waals surface area contributed by atoms with Gasteiger partial charge < -0.3 is 19.9 Å². The molecule has 1 aromatic rings. The molecule has 2 aliphatic heterocycles. The molecule has 2 saturated heterocycles. The van der Waals surface area contributed by atoms with Crippen LogP contribution in [0, 0.1) is 13.8 Å².